The van der Waals surface area contributed by atoms with Gasteiger partial charge in [0.1, 0.15) is 0 Å². The van der Waals surface area contributed by atoms with Crippen LogP contribution in [0.15, 0.2) is 30.3 Å². The highest BCUT2D eigenvalue weighted by atomic mass is 15.1. The van der Waals surface area contributed by atoms with Gasteiger partial charge >= 0.3 is 0 Å². The molecule has 1 heterocycles. The number of benzene rings is 1. The van der Waals surface area contributed by atoms with Crippen LogP contribution in [0.3, 0.4) is 0 Å². The van der Waals surface area contributed by atoms with Gasteiger partial charge in [0, 0.05) is 37.9 Å². The summed E-state index contributed by atoms with van der Waals surface area (Å²) in [5.74, 6) is 0. The van der Waals surface area contributed by atoms with Gasteiger partial charge in [-0.2, -0.15) is 0 Å². The molecular weight excluding hydrogens is 222 g/mol. The number of anilines is 1. The maximum Gasteiger partial charge on any atom is 0.0366 e. The van der Waals surface area contributed by atoms with Crippen molar-refractivity contribution in [3.05, 3.63) is 30.3 Å². The molecule has 1 aromatic carbocycles. The SMILES string of the molecule is CC.NCCNC1CCN(c2ccccc2)CC1. The fourth-order valence-corrected chi connectivity index (χ4v) is 2.27. The largest absolute Gasteiger partial charge is 0.371 e. The van der Waals surface area contributed by atoms with Crippen molar-refractivity contribution in [2.75, 3.05) is 31.1 Å². The molecule has 1 saturated heterocycles. The third kappa shape index (κ3) is 4.67. The summed E-state index contributed by atoms with van der Waals surface area (Å²) < 4.78 is 0. The van der Waals surface area contributed by atoms with E-state index in [1.807, 2.05) is 13.8 Å². The van der Waals surface area contributed by atoms with Crippen molar-refractivity contribution < 1.29 is 0 Å². The molecule has 3 heteroatoms. The van der Waals surface area contributed by atoms with Crippen LogP contribution in [0.2, 0.25) is 0 Å². The fourth-order valence-electron chi connectivity index (χ4n) is 2.27. The Morgan fingerprint density at radius 2 is 1.78 bits per heavy atom. The second-order valence-corrected chi connectivity index (χ2v) is 4.34. The predicted octanol–water partition coefficient (Wildman–Crippen LogP) is 2.23. The van der Waals surface area contributed by atoms with E-state index in [2.05, 4.69) is 40.5 Å². The van der Waals surface area contributed by atoms with Crippen LogP contribution >= 0.6 is 0 Å². The standard InChI is InChI=1S/C13H21N3.C2H6/c14-8-9-15-12-6-10-16(11-7-12)13-4-2-1-3-5-13;1-2/h1-5,12,15H,6-11,14H2;1-2H3. The molecule has 0 aromatic heterocycles. The number of piperidine rings is 1. The molecule has 0 spiro atoms. The van der Waals surface area contributed by atoms with Gasteiger partial charge in [-0.1, -0.05) is 32.0 Å². The lowest BCUT2D eigenvalue weighted by molar-refractivity contribution is 0.420. The molecule has 0 amide bonds. The Labute approximate surface area is 111 Å². The molecule has 0 unspecified atom stereocenters. The van der Waals surface area contributed by atoms with Crippen LogP contribution in [0.5, 0.6) is 0 Å². The molecular formula is C15H27N3. The van der Waals surface area contributed by atoms with E-state index in [0.29, 0.717) is 6.04 Å². The number of nitrogens with zero attached hydrogens (tertiary/aromatic N) is 1. The molecule has 1 aliphatic rings. The minimum Gasteiger partial charge on any atom is -0.371 e. The summed E-state index contributed by atoms with van der Waals surface area (Å²) in [6.45, 7) is 7.97. The van der Waals surface area contributed by atoms with Crippen LogP contribution in [0.1, 0.15) is 26.7 Å². The van der Waals surface area contributed by atoms with E-state index in [0.717, 1.165) is 26.2 Å². The van der Waals surface area contributed by atoms with Gasteiger partial charge < -0.3 is 16.0 Å². The molecule has 3 N–H and O–H groups in total. The fraction of sp³-hybridized carbons (Fsp3) is 0.600. The lowest BCUT2D eigenvalue weighted by Gasteiger charge is -2.34. The van der Waals surface area contributed by atoms with Crippen LogP contribution in [0.25, 0.3) is 0 Å². The number of hydrogen-bond acceptors (Lipinski definition) is 3. The second kappa shape index (κ2) is 8.95. The Hall–Kier alpha value is -1.06. The van der Waals surface area contributed by atoms with E-state index >= 15 is 0 Å². The molecule has 0 saturated carbocycles. The molecule has 2 rings (SSSR count). The molecule has 102 valence electrons. The maximum absolute atomic E-state index is 5.49. The Morgan fingerprint density at radius 1 is 1.17 bits per heavy atom. The van der Waals surface area contributed by atoms with E-state index in [-0.39, 0.29) is 0 Å². The summed E-state index contributed by atoms with van der Waals surface area (Å²) in [6, 6.07) is 11.3. The first-order valence-corrected chi connectivity index (χ1v) is 7.13. The Kier molecular flexibility index (Phi) is 7.46. The molecule has 3 nitrogen and oxygen atoms in total. The molecule has 1 aliphatic heterocycles. The lowest BCUT2D eigenvalue weighted by atomic mass is 10.0. The van der Waals surface area contributed by atoms with Crippen molar-refractivity contribution in [3.8, 4) is 0 Å². The van der Waals surface area contributed by atoms with E-state index in [1.165, 1.54) is 18.5 Å². The number of nitrogens with two attached hydrogens (primary N) is 1. The van der Waals surface area contributed by atoms with Gasteiger partial charge in [-0.05, 0) is 25.0 Å². The second-order valence-electron chi connectivity index (χ2n) is 4.34. The van der Waals surface area contributed by atoms with Crippen molar-refractivity contribution in [1.29, 1.82) is 0 Å². The van der Waals surface area contributed by atoms with Crippen molar-refractivity contribution in [2.24, 2.45) is 5.73 Å². The summed E-state index contributed by atoms with van der Waals surface area (Å²) in [7, 11) is 0. The van der Waals surface area contributed by atoms with Gasteiger partial charge in [-0.25, -0.2) is 0 Å². The van der Waals surface area contributed by atoms with E-state index in [9.17, 15) is 0 Å². The van der Waals surface area contributed by atoms with Crippen molar-refractivity contribution >= 4 is 5.69 Å². The van der Waals surface area contributed by atoms with Crippen LogP contribution in [-0.4, -0.2) is 32.2 Å². The first-order valence-electron chi connectivity index (χ1n) is 7.13. The minimum atomic E-state index is 0.656. The van der Waals surface area contributed by atoms with Crippen LogP contribution in [0, 0.1) is 0 Å². The van der Waals surface area contributed by atoms with Gasteiger partial charge in [0.15, 0.2) is 0 Å². The first kappa shape index (κ1) is 15.0. The van der Waals surface area contributed by atoms with E-state index in [4.69, 9.17) is 5.73 Å². The third-order valence-corrected chi connectivity index (χ3v) is 3.19. The topological polar surface area (TPSA) is 41.3 Å². The van der Waals surface area contributed by atoms with Crippen molar-refractivity contribution in [3.63, 3.8) is 0 Å². The zero-order chi connectivity index (χ0) is 13.2. The highest BCUT2D eigenvalue weighted by Crippen LogP contribution is 2.19. The summed E-state index contributed by atoms with van der Waals surface area (Å²) in [6.07, 6.45) is 2.43. The third-order valence-electron chi connectivity index (χ3n) is 3.19. The quantitative estimate of drug-likeness (QED) is 0.860. The molecule has 18 heavy (non-hydrogen) atoms. The number of para-hydroxylation sites is 1. The Balaban J connectivity index is 0.000000771. The zero-order valence-corrected chi connectivity index (χ0v) is 11.7. The van der Waals surface area contributed by atoms with E-state index in [1.54, 1.807) is 0 Å². The van der Waals surface area contributed by atoms with Crippen LogP contribution in [-0.2, 0) is 0 Å². The monoisotopic (exact) mass is 249 g/mol. The Bertz CT molecular complexity index is 292. The number of rotatable bonds is 4. The van der Waals surface area contributed by atoms with Crippen LogP contribution in [0.4, 0.5) is 5.69 Å². The summed E-state index contributed by atoms with van der Waals surface area (Å²) in [4.78, 5) is 2.46. The summed E-state index contributed by atoms with van der Waals surface area (Å²) in [5.41, 5.74) is 6.84. The van der Waals surface area contributed by atoms with Gasteiger partial charge in [0.25, 0.3) is 0 Å². The van der Waals surface area contributed by atoms with Crippen molar-refractivity contribution in [1.82, 2.24) is 5.32 Å². The zero-order valence-electron chi connectivity index (χ0n) is 11.7. The lowest BCUT2D eigenvalue weighted by Crippen LogP contribution is -2.43. The molecule has 1 aromatic rings. The molecule has 0 atom stereocenters. The average molecular weight is 249 g/mol. The summed E-state index contributed by atoms with van der Waals surface area (Å²) >= 11 is 0. The maximum atomic E-state index is 5.49. The predicted molar refractivity (Wildman–Crippen MR) is 80.1 cm³/mol. The molecule has 0 bridgehead atoms. The van der Waals surface area contributed by atoms with Gasteiger partial charge in [-0.15, -0.1) is 0 Å². The Morgan fingerprint density at radius 3 is 2.33 bits per heavy atom. The van der Waals surface area contributed by atoms with E-state index < -0.39 is 0 Å². The number of nitrogens with one attached hydrogen (secondary N) is 1. The average Bonchev–Trinajstić information content (AvgIpc) is 2.49. The highest BCUT2D eigenvalue weighted by Gasteiger charge is 2.18. The molecule has 1 fully saturated rings. The molecule has 0 aliphatic carbocycles. The van der Waals surface area contributed by atoms with Gasteiger partial charge in [0.05, 0.1) is 0 Å². The van der Waals surface area contributed by atoms with Crippen LogP contribution < -0.4 is 16.0 Å². The normalized spacial score (nSPS) is 16.1. The van der Waals surface area contributed by atoms with Crippen molar-refractivity contribution in [2.45, 2.75) is 32.7 Å². The number of hydrogen-bond donors (Lipinski definition) is 2. The minimum absolute atomic E-state index is 0.656. The first-order chi connectivity index (χ1) is 8.90. The van der Waals surface area contributed by atoms with Gasteiger partial charge in [-0.3, -0.25) is 0 Å². The highest BCUT2D eigenvalue weighted by molar-refractivity contribution is 5.46. The van der Waals surface area contributed by atoms with Gasteiger partial charge in [0.2, 0.25) is 0 Å². The molecule has 0 radical (unpaired) electrons. The summed E-state index contributed by atoms with van der Waals surface area (Å²) in [5, 5.41) is 3.49. The smallest absolute Gasteiger partial charge is 0.0366 e.